The van der Waals surface area contributed by atoms with Crippen LogP contribution in [0.1, 0.15) is 22.1 Å². The van der Waals surface area contributed by atoms with Crippen molar-refractivity contribution in [3.05, 3.63) is 29.5 Å². The summed E-state index contributed by atoms with van der Waals surface area (Å²) in [7, 11) is 0. The number of aromatic carboxylic acids is 1. The Balaban J connectivity index is 1.94. The standard InChI is InChI=1S/C11H13N5O3/c1-6-15-9(19-16-6)2-3-13-10-8(12)4-7(5-14-10)11(17)18/h4-5H,2-3,12H2,1H3,(H,13,14)(H,17,18). The van der Waals surface area contributed by atoms with Gasteiger partial charge in [0.05, 0.1) is 11.3 Å². The molecule has 4 N–H and O–H groups in total. The van der Waals surface area contributed by atoms with Crippen molar-refractivity contribution < 1.29 is 14.4 Å². The normalized spacial score (nSPS) is 10.4. The van der Waals surface area contributed by atoms with Gasteiger partial charge in [0.2, 0.25) is 5.89 Å². The van der Waals surface area contributed by atoms with Gasteiger partial charge in [0.1, 0.15) is 5.82 Å². The van der Waals surface area contributed by atoms with Crippen LogP contribution in [0.3, 0.4) is 0 Å². The number of hydrogen-bond acceptors (Lipinski definition) is 7. The molecule has 19 heavy (non-hydrogen) atoms. The number of nitrogens with zero attached hydrogens (tertiary/aromatic N) is 3. The SMILES string of the molecule is Cc1noc(CCNc2ncc(C(=O)O)cc2N)n1. The summed E-state index contributed by atoms with van der Waals surface area (Å²) in [5, 5.41) is 15.4. The second kappa shape index (κ2) is 5.34. The Bertz CT molecular complexity index is 596. The maximum atomic E-state index is 10.7. The summed E-state index contributed by atoms with van der Waals surface area (Å²) in [4.78, 5) is 18.7. The van der Waals surface area contributed by atoms with Crippen molar-refractivity contribution >= 4 is 17.5 Å². The molecule has 0 aliphatic heterocycles. The lowest BCUT2D eigenvalue weighted by atomic mass is 10.2. The molecule has 0 aliphatic rings. The Hall–Kier alpha value is -2.64. The molecule has 0 saturated carbocycles. The second-order valence-electron chi connectivity index (χ2n) is 3.88. The molecule has 0 aliphatic carbocycles. The minimum Gasteiger partial charge on any atom is -0.478 e. The number of nitrogen functional groups attached to an aromatic ring is 1. The van der Waals surface area contributed by atoms with Gasteiger partial charge in [-0.2, -0.15) is 4.98 Å². The molecule has 0 saturated heterocycles. The van der Waals surface area contributed by atoms with Crippen LogP contribution in [0.5, 0.6) is 0 Å². The molecule has 2 rings (SSSR count). The Labute approximate surface area is 108 Å². The molecule has 100 valence electrons. The lowest BCUT2D eigenvalue weighted by molar-refractivity contribution is 0.0696. The number of hydrogen-bond donors (Lipinski definition) is 3. The lowest BCUT2D eigenvalue weighted by Crippen LogP contribution is -2.10. The third-order valence-electron chi connectivity index (χ3n) is 2.37. The molecule has 0 fully saturated rings. The van der Waals surface area contributed by atoms with Crippen LogP contribution in [0.4, 0.5) is 11.5 Å². The van der Waals surface area contributed by atoms with Crippen LogP contribution in [0.15, 0.2) is 16.8 Å². The number of pyridine rings is 1. The Kier molecular flexibility index (Phi) is 3.60. The van der Waals surface area contributed by atoms with E-state index < -0.39 is 5.97 Å². The molecular formula is C11H13N5O3. The van der Waals surface area contributed by atoms with Gasteiger partial charge in [0.15, 0.2) is 5.82 Å². The van der Waals surface area contributed by atoms with E-state index in [4.69, 9.17) is 15.4 Å². The zero-order chi connectivity index (χ0) is 13.8. The number of aryl methyl sites for hydroxylation is 1. The highest BCUT2D eigenvalue weighted by molar-refractivity contribution is 5.89. The topological polar surface area (TPSA) is 127 Å². The van der Waals surface area contributed by atoms with Gasteiger partial charge in [-0.3, -0.25) is 0 Å². The van der Waals surface area contributed by atoms with Crippen molar-refractivity contribution in [2.24, 2.45) is 0 Å². The summed E-state index contributed by atoms with van der Waals surface area (Å²) < 4.78 is 4.95. The molecule has 0 atom stereocenters. The van der Waals surface area contributed by atoms with Crippen molar-refractivity contribution in [2.45, 2.75) is 13.3 Å². The predicted octanol–water partition coefficient (Wildman–Crippen LogP) is 0.708. The average molecular weight is 263 g/mol. The molecule has 0 radical (unpaired) electrons. The molecule has 0 spiro atoms. The first-order chi connectivity index (χ1) is 9.06. The average Bonchev–Trinajstić information content (AvgIpc) is 2.77. The Morgan fingerprint density at radius 2 is 2.37 bits per heavy atom. The Morgan fingerprint density at radius 1 is 1.58 bits per heavy atom. The van der Waals surface area contributed by atoms with Crippen LogP contribution < -0.4 is 11.1 Å². The van der Waals surface area contributed by atoms with Gasteiger partial charge in [0, 0.05) is 19.2 Å². The van der Waals surface area contributed by atoms with E-state index in [1.54, 1.807) is 6.92 Å². The fourth-order valence-corrected chi connectivity index (χ4v) is 1.48. The summed E-state index contributed by atoms with van der Waals surface area (Å²) in [6.07, 6.45) is 1.78. The monoisotopic (exact) mass is 263 g/mol. The largest absolute Gasteiger partial charge is 0.478 e. The van der Waals surface area contributed by atoms with Gasteiger partial charge in [-0.25, -0.2) is 9.78 Å². The quantitative estimate of drug-likeness (QED) is 0.719. The van der Waals surface area contributed by atoms with Gasteiger partial charge in [0.25, 0.3) is 0 Å². The van der Waals surface area contributed by atoms with Crippen molar-refractivity contribution in [3.8, 4) is 0 Å². The smallest absolute Gasteiger partial charge is 0.337 e. The number of nitrogens with two attached hydrogens (primary N) is 1. The first-order valence-corrected chi connectivity index (χ1v) is 5.58. The lowest BCUT2D eigenvalue weighted by Gasteiger charge is -2.07. The molecular weight excluding hydrogens is 250 g/mol. The maximum absolute atomic E-state index is 10.7. The number of anilines is 2. The highest BCUT2D eigenvalue weighted by atomic mass is 16.5. The summed E-state index contributed by atoms with van der Waals surface area (Å²) in [5.41, 5.74) is 6.03. The molecule has 0 unspecified atom stereocenters. The number of nitrogens with one attached hydrogen (secondary N) is 1. The Morgan fingerprint density at radius 3 is 2.95 bits per heavy atom. The zero-order valence-corrected chi connectivity index (χ0v) is 10.3. The van der Waals surface area contributed by atoms with E-state index in [0.717, 1.165) is 0 Å². The zero-order valence-electron chi connectivity index (χ0n) is 10.3. The van der Waals surface area contributed by atoms with Crippen LogP contribution in [0.25, 0.3) is 0 Å². The van der Waals surface area contributed by atoms with E-state index >= 15 is 0 Å². The molecule has 8 heteroatoms. The molecule has 0 bridgehead atoms. The van der Waals surface area contributed by atoms with Gasteiger partial charge in [-0.1, -0.05) is 5.16 Å². The summed E-state index contributed by atoms with van der Waals surface area (Å²) in [6.45, 7) is 2.25. The van der Waals surface area contributed by atoms with Gasteiger partial charge in [-0.15, -0.1) is 0 Å². The van der Waals surface area contributed by atoms with Crippen LogP contribution in [0, 0.1) is 6.92 Å². The first kappa shape index (κ1) is 12.8. The summed E-state index contributed by atoms with van der Waals surface area (Å²) in [6, 6.07) is 1.36. The molecule has 0 amide bonds. The van der Waals surface area contributed by atoms with Crippen LogP contribution in [0.2, 0.25) is 0 Å². The fraction of sp³-hybridized carbons (Fsp3) is 0.273. The molecule has 2 aromatic rings. The highest BCUT2D eigenvalue weighted by Crippen LogP contribution is 2.16. The molecule has 2 aromatic heterocycles. The molecule has 2 heterocycles. The van der Waals surface area contributed by atoms with Crippen molar-refractivity contribution in [1.29, 1.82) is 0 Å². The van der Waals surface area contributed by atoms with Crippen LogP contribution in [-0.2, 0) is 6.42 Å². The number of carboxylic acids is 1. The number of rotatable bonds is 5. The van der Waals surface area contributed by atoms with Crippen molar-refractivity contribution in [2.75, 3.05) is 17.6 Å². The van der Waals surface area contributed by atoms with E-state index in [1.165, 1.54) is 12.3 Å². The van der Waals surface area contributed by atoms with Gasteiger partial charge < -0.3 is 20.7 Å². The molecule has 8 nitrogen and oxygen atoms in total. The van der Waals surface area contributed by atoms with Crippen molar-refractivity contribution in [3.63, 3.8) is 0 Å². The number of carbonyl (C=O) groups is 1. The van der Waals surface area contributed by atoms with E-state index in [1.807, 2.05) is 0 Å². The fourth-order valence-electron chi connectivity index (χ4n) is 1.48. The van der Waals surface area contributed by atoms with Gasteiger partial charge >= 0.3 is 5.97 Å². The third kappa shape index (κ3) is 3.18. The van der Waals surface area contributed by atoms with Crippen LogP contribution >= 0.6 is 0 Å². The van der Waals surface area contributed by atoms with Crippen LogP contribution in [-0.4, -0.2) is 32.7 Å². The van der Waals surface area contributed by atoms with E-state index in [-0.39, 0.29) is 11.3 Å². The second-order valence-corrected chi connectivity index (χ2v) is 3.88. The van der Waals surface area contributed by atoms with Gasteiger partial charge in [-0.05, 0) is 13.0 Å². The number of aromatic nitrogens is 3. The maximum Gasteiger partial charge on any atom is 0.337 e. The minimum absolute atomic E-state index is 0.0515. The minimum atomic E-state index is -1.06. The van der Waals surface area contributed by atoms with E-state index in [0.29, 0.717) is 30.5 Å². The summed E-state index contributed by atoms with van der Waals surface area (Å²) in [5.74, 6) is 0.470. The molecule has 0 aromatic carbocycles. The van der Waals surface area contributed by atoms with E-state index in [2.05, 4.69) is 20.4 Å². The number of carboxylic acid groups (broad SMARTS) is 1. The van der Waals surface area contributed by atoms with Crippen molar-refractivity contribution in [1.82, 2.24) is 15.1 Å². The summed E-state index contributed by atoms with van der Waals surface area (Å²) >= 11 is 0. The highest BCUT2D eigenvalue weighted by Gasteiger charge is 2.08. The first-order valence-electron chi connectivity index (χ1n) is 5.58. The van der Waals surface area contributed by atoms with E-state index in [9.17, 15) is 4.79 Å². The third-order valence-corrected chi connectivity index (χ3v) is 2.37. The predicted molar refractivity (Wildman–Crippen MR) is 66.8 cm³/mol.